The van der Waals surface area contributed by atoms with E-state index in [9.17, 15) is 20.1 Å². The molecule has 1 fully saturated rings. The Bertz CT molecular complexity index is 489. The van der Waals surface area contributed by atoms with Gasteiger partial charge in [0.15, 0.2) is 12.0 Å². The first-order chi connectivity index (χ1) is 9.93. The number of aliphatic hydroxyl groups excluding tert-OH is 4. The van der Waals surface area contributed by atoms with Gasteiger partial charge in [0, 0.05) is 11.3 Å². The van der Waals surface area contributed by atoms with Crippen molar-refractivity contribution >= 4 is 11.5 Å². The Kier molecular flexibility index (Phi) is 4.92. The van der Waals surface area contributed by atoms with Crippen molar-refractivity contribution < 1.29 is 30.0 Å². The highest BCUT2D eigenvalue weighted by molar-refractivity contribution is 5.94. The van der Waals surface area contributed by atoms with Crippen molar-refractivity contribution in [2.45, 2.75) is 37.6 Å². The zero-order valence-electron chi connectivity index (χ0n) is 11.5. The van der Waals surface area contributed by atoms with Crippen molar-refractivity contribution in [1.82, 2.24) is 0 Å². The maximum Gasteiger partial charge on any atom is 0.159 e. The Morgan fingerprint density at radius 2 is 1.76 bits per heavy atom. The number of ketones is 1. The number of carbonyl (C=O) groups is 1. The molecule has 7 heteroatoms. The number of benzene rings is 1. The van der Waals surface area contributed by atoms with E-state index < -0.39 is 37.3 Å². The largest absolute Gasteiger partial charge is 0.394 e. The molecule has 1 saturated heterocycles. The Balaban J connectivity index is 2.08. The van der Waals surface area contributed by atoms with Crippen LogP contribution in [-0.2, 0) is 4.74 Å². The van der Waals surface area contributed by atoms with Gasteiger partial charge in [-0.2, -0.15) is 0 Å². The maximum atomic E-state index is 11.2. The molecule has 0 saturated carbocycles. The summed E-state index contributed by atoms with van der Waals surface area (Å²) in [5, 5.41) is 41.2. The molecular formula is C14H19NO6. The predicted molar refractivity (Wildman–Crippen MR) is 73.8 cm³/mol. The van der Waals surface area contributed by atoms with Gasteiger partial charge < -0.3 is 30.5 Å². The zero-order chi connectivity index (χ0) is 15.6. The molecule has 0 bridgehead atoms. The fourth-order valence-electron chi connectivity index (χ4n) is 2.19. The fourth-order valence-corrected chi connectivity index (χ4v) is 2.19. The maximum absolute atomic E-state index is 11.2. The molecule has 116 valence electrons. The van der Waals surface area contributed by atoms with E-state index in [0.29, 0.717) is 11.3 Å². The molecule has 5 atom stereocenters. The highest BCUT2D eigenvalue weighted by Gasteiger charge is 2.43. The molecule has 5 N–H and O–H groups in total. The summed E-state index contributed by atoms with van der Waals surface area (Å²) in [5.41, 5.74) is 1.12. The monoisotopic (exact) mass is 297 g/mol. The van der Waals surface area contributed by atoms with Crippen LogP contribution in [0, 0.1) is 0 Å². The lowest BCUT2D eigenvalue weighted by Crippen LogP contribution is -2.60. The molecular weight excluding hydrogens is 278 g/mol. The third kappa shape index (κ3) is 3.39. The van der Waals surface area contributed by atoms with Gasteiger partial charge in [0.25, 0.3) is 0 Å². The second kappa shape index (κ2) is 6.50. The lowest BCUT2D eigenvalue weighted by molar-refractivity contribution is -0.221. The van der Waals surface area contributed by atoms with Gasteiger partial charge in [-0.15, -0.1) is 0 Å². The first kappa shape index (κ1) is 15.9. The Morgan fingerprint density at radius 3 is 2.29 bits per heavy atom. The van der Waals surface area contributed by atoms with Crippen LogP contribution >= 0.6 is 0 Å². The van der Waals surface area contributed by atoms with Crippen LogP contribution in [0.25, 0.3) is 0 Å². The number of rotatable bonds is 4. The van der Waals surface area contributed by atoms with E-state index >= 15 is 0 Å². The highest BCUT2D eigenvalue weighted by Crippen LogP contribution is 2.23. The quantitative estimate of drug-likeness (QED) is 0.457. The fraction of sp³-hybridized carbons (Fsp3) is 0.500. The standard InChI is InChI=1S/C14H19NO6/c1-7(17)8-2-4-9(5-3-8)15-14-13(20)12(19)11(18)10(6-16)21-14/h2-5,10-16,18-20H,6H2,1H3/t10-,11+,12-,13-,14+/m0/s1. The smallest absolute Gasteiger partial charge is 0.159 e. The summed E-state index contributed by atoms with van der Waals surface area (Å²) in [6, 6.07) is 6.51. The average Bonchev–Trinajstić information content (AvgIpc) is 2.48. The Labute approximate surface area is 121 Å². The van der Waals surface area contributed by atoms with Gasteiger partial charge in [0.2, 0.25) is 0 Å². The normalized spacial score (nSPS) is 32.7. The third-order valence-corrected chi connectivity index (χ3v) is 3.49. The summed E-state index contributed by atoms with van der Waals surface area (Å²) in [4.78, 5) is 11.2. The molecule has 2 rings (SSSR count). The summed E-state index contributed by atoms with van der Waals surface area (Å²) in [5.74, 6) is -0.0607. The van der Waals surface area contributed by atoms with Gasteiger partial charge >= 0.3 is 0 Å². The van der Waals surface area contributed by atoms with Crippen molar-refractivity contribution in [3.63, 3.8) is 0 Å². The molecule has 1 aromatic carbocycles. The van der Waals surface area contributed by atoms with Crippen molar-refractivity contribution in [2.75, 3.05) is 11.9 Å². The number of hydrogen-bond acceptors (Lipinski definition) is 7. The van der Waals surface area contributed by atoms with Crippen LogP contribution in [0.4, 0.5) is 5.69 Å². The molecule has 0 amide bonds. The summed E-state index contributed by atoms with van der Waals surface area (Å²) in [6.45, 7) is 0.979. The van der Waals surface area contributed by atoms with Crippen molar-refractivity contribution in [2.24, 2.45) is 0 Å². The minimum atomic E-state index is -1.43. The number of anilines is 1. The zero-order valence-corrected chi connectivity index (χ0v) is 11.5. The van der Waals surface area contributed by atoms with Crippen molar-refractivity contribution in [1.29, 1.82) is 0 Å². The molecule has 1 aromatic rings. The van der Waals surface area contributed by atoms with Crippen LogP contribution in [0.5, 0.6) is 0 Å². The van der Waals surface area contributed by atoms with E-state index in [4.69, 9.17) is 9.84 Å². The number of aliphatic hydroxyl groups is 4. The van der Waals surface area contributed by atoms with E-state index in [-0.39, 0.29) is 5.78 Å². The minimum absolute atomic E-state index is 0.0607. The topological polar surface area (TPSA) is 119 Å². The first-order valence-electron chi connectivity index (χ1n) is 6.62. The molecule has 0 unspecified atom stereocenters. The Hall–Kier alpha value is -1.51. The molecule has 0 spiro atoms. The molecule has 1 aliphatic rings. The van der Waals surface area contributed by atoms with E-state index in [1.807, 2.05) is 0 Å². The predicted octanol–water partition coefficient (Wildman–Crippen LogP) is -0.899. The van der Waals surface area contributed by atoms with E-state index in [0.717, 1.165) is 0 Å². The van der Waals surface area contributed by atoms with Gasteiger partial charge in [0.05, 0.1) is 6.61 Å². The van der Waals surface area contributed by atoms with Gasteiger partial charge in [-0.25, -0.2) is 0 Å². The second-order valence-corrected chi connectivity index (χ2v) is 5.03. The SMILES string of the molecule is CC(=O)c1ccc(N[C@@H]2O[C@@H](CO)[C@@H](O)[C@H](O)[C@@H]2O)cc1. The number of Topliss-reactive ketones (excluding diaryl/α,β-unsaturated/α-hetero) is 1. The van der Waals surface area contributed by atoms with Crippen LogP contribution in [0.15, 0.2) is 24.3 Å². The lowest BCUT2D eigenvalue weighted by atomic mass is 9.98. The van der Waals surface area contributed by atoms with E-state index in [1.54, 1.807) is 24.3 Å². The summed E-state index contributed by atoms with van der Waals surface area (Å²) >= 11 is 0. The van der Waals surface area contributed by atoms with Gasteiger partial charge in [-0.3, -0.25) is 4.79 Å². The van der Waals surface area contributed by atoms with Gasteiger partial charge in [0.1, 0.15) is 24.4 Å². The summed E-state index contributed by atoms with van der Waals surface area (Å²) in [6.07, 6.45) is -6.11. The number of carbonyl (C=O) groups excluding carboxylic acids is 1. The molecule has 0 aliphatic carbocycles. The Morgan fingerprint density at radius 1 is 1.14 bits per heavy atom. The van der Waals surface area contributed by atoms with Crippen molar-refractivity contribution in [3.8, 4) is 0 Å². The van der Waals surface area contributed by atoms with Crippen LogP contribution in [0.2, 0.25) is 0 Å². The average molecular weight is 297 g/mol. The summed E-state index contributed by atoms with van der Waals surface area (Å²) in [7, 11) is 0. The first-order valence-corrected chi connectivity index (χ1v) is 6.62. The highest BCUT2D eigenvalue weighted by atomic mass is 16.6. The number of nitrogens with one attached hydrogen (secondary N) is 1. The van der Waals surface area contributed by atoms with Crippen LogP contribution in [0.1, 0.15) is 17.3 Å². The second-order valence-electron chi connectivity index (χ2n) is 5.03. The van der Waals surface area contributed by atoms with Crippen LogP contribution < -0.4 is 5.32 Å². The molecule has 0 radical (unpaired) electrons. The van der Waals surface area contributed by atoms with Crippen LogP contribution in [0.3, 0.4) is 0 Å². The van der Waals surface area contributed by atoms with Gasteiger partial charge in [-0.05, 0) is 31.2 Å². The van der Waals surface area contributed by atoms with Crippen molar-refractivity contribution in [3.05, 3.63) is 29.8 Å². The summed E-state index contributed by atoms with van der Waals surface area (Å²) < 4.78 is 5.32. The molecule has 1 aliphatic heterocycles. The molecule has 21 heavy (non-hydrogen) atoms. The number of hydrogen-bond donors (Lipinski definition) is 5. The lowest BCUT2D eigenvalue weighted by Gasteiger charge is -2.40. The minimum Gasteiger partial charge on any atom is -0.394 e. The van der Waals surface area contributed by atoms with E-state index in [2.05, 4.69) is 5.32 Å². The molecule has 0 aromatic heterocycles. The molecule has 7 nitrogen and oxygen atoms in total. The molecule has 1 heterocycles. The number of ether oxygens (including phenoxy) is 1. The van der Waals surface area contributed by atoms with Crippen LogP contribution in [-0.4, -0.2) is 63.5 Å². The van der Waals surface area contributed by atoms with E-state index in [1.165, 1.54) is 6.92 Å². The van der Waals surface area contributed by atoms with Gasteiger partial charge in [-0.1, -0.05) is 0 Å². The third-order valence-electron chi connectivity index (χ3n) is 3.49.